The van der Waals surface area contributed by atoms with E-state index < -0.39 is 54.5 Å². The molecule has 29 heavy (non-hydrogen) atoms. The van der Waals surface area contributed by atoms with E-state index in [1.165, 1.54) is 0 Å². The zero-order valence-electron chi connectivity index (χ0n) is 17.3. The number of aliphatic carboxylic acids is 1. The van der Waals surface area contributed by atoms with Gasteiger partial charge in [-0.3, -0.25) is 14.4 Å². The molecular weight excluding hydrogens is 400 g/mol. The number of aliphatic hydroxyl groups is 1. The van der Waals surface area contributed by atoms with Gasteiger partial charge in [-0.2, -0.15) is 12.6 Å². The van der Waals surface area contributed by atoms with Gasteiger partial charge in [-0.15, -0.1) is 0 Å². The Hall–Kier alpha value is -1.85. The third kappa shape index (κ3) is 10.5. The van der Waals surface area contributed by atoms with Gasteiger partial charge in [0.15, 0.2) is 0 Å². The number of hydrogen-bond acceptors (Lipinski definition) is 7. The average Bonchev–Trinajstić information content (AvgIpc) is 2.62. The van der Waals surface area contributed by atoms with Crippen molar-refractivity contribution in [3.05, 3.63) is 0 Å². The Morgan fingerprint density at radius 1 is 0.828 bits per heavy atom. The van der Waals surface area contributed by atoms with Gasteiger partial charge in [-0.1, -0.05) is 27.7 Å². The molecule has 0 aliphatic carbocycles. The summed E-state index contributed by atoms with van der Waals surface area (Å²) in [7, 11) is 0. The molecule has 0 heterocycles. The number of carbonyl (C=O) groups excluding carboxylic acids is 3. The third-order valence-corrected chi connectivity index (χ3v) is 4.40. The average molecular weight is 435 g/mol. The van der Waals surface area contributed by atoms with Crippen molar-refractivity contribution in [2.75, 3.05) is 12.4 Å². The highest BCUT2D eigenvalue weighted by atomic mass is 32.1. The van der Waals surface area contributed by atoms with Crippen molar-refractivity contribution in [2.45, 2.75) is 64.7 Å². The van der Waals surface area contributed by atoms with Crippen molar-refractivity contribution >= 4 is 36.3 Å². The van der Waals surface area contributed by atoms with Crippen LogP contribution in [0.15, 0.2) is 0 Å². The first kappa shape index (κ1) is 27.1. The number of carboxylic acid groups (broad SMARTS) is 1. The largest absolute Gasteiger partial charge is 0.480 e. The minimum atomic E-state index is -1.48. The molecule has 0 aromatic carbocycles. The lowest BCUT2D eigenvalue weighted by Crippen LogP contribution is -2.58. The quantitative estimate of drug-likeness (QED) is 0.180. The molecular formula is C18H34N4O6S. The number of nitrogens with one attached hydrogen (secondary N) is 3. The number of aliphatic hydroxyl groups excluding tert-OH is 1. The molecule has 4 atom stereocenters. The number of nitrogens with two attached hydrogens (primary N) is 1. The topological polar surface area (TPSA) is 171 Å². The van der Waals surface area contributed by atoms with Gasteiger partial charge in [0.05, 0.1) is 12.6 Å². The lowest BCUT2D eigenvalue weighted by Gasteiger charge is -2.26. The zero-order chi connectivity index (χ0) is 22.7. The van der Waals surface area contributed by atoms with E-state index in [4.69, 9.17) is 15.9 Å². The summed E-state index contributed by atoms with van der Waals surface area (Å²) in [6, 6.07) is -4.30. The monoisotopic (exact) mass is 434 g/mol. The smallest absolute Gasteiger partial charge is 0.328 e. The van der Waals surface area contributed by atoms with Gasteiger partial charge in [0.2, 0.25) is 17.7 Å². The first-order valence-electron chi connectivity index (χ1n) is 9.54. The molecule has 3 amide bonds. The summed E-state index contributed by atoms with van der Waals surface area (Å²) >= 11 is 3.97. The number of thiol groups is 1. The van der Waals surface area contributed by atoms with Crippen molar-refractivity contribution in [3.8, 4) is 0 Å². The molecule has 0 radical (unpaired) electrons. The van der Waals surface area contributed by atoms with E-state index in [1.807, 2.05) is 27.7 Å². The Kier molecular flexibility index (Phi) is 12.5. The molecule has 0 bridgehead atoms. The molecule has 0 saturated carbocycles. The number of amides is 3. The van der Waals surface area contributed by atoms with E-state index in [1.54, 1.807) is 0 Å². The SMILES string of the molecule is CC(C)CC(NC(=O)C(N)CS)C(=O)NC(CC(C)C)C(=O)NC(CO)C(=O)O. The maximum Gasteiger partial charge on any atom is 0.328 e. The summed E-state index contributed by atoms with van der Waals surface area (Å²) in [4.78, 5) is 48.4. The fourth-order valence-corrected chi connectivity index (χ4v) is 2.66. The standard InChI is InChI=1S/C18H34N4O6S/c1-9(2)5-12(20-15(24)11(19)8-29)16(25)21-13(6-10(3)4)17(26)22-14(7-23)18(27)28/h9-14,23,29H,5-8,19H2,1-4H3,(H,20,24)(H,21,25)(H,22,26)(H,27,28). The number of hydrogen-bond donors (Lipinski definition) is 7. The minimum absolute atomic E-state index is 0.0131. The Bertz CT molecular complexity index is 573. The molecule has 11 heteroatoms. The van der Waals surface area contributed by atoms with E-state index in [9.17, 15) is 19.2 Å². The van der Waals surface area contributed by atoms with Crippen molar-refractivity contribution in [3.63, 3.8) is 0 Å². The van der Waals surface area contributed by atoms with Gasteiger partial charge >= 0.3 is 5.97 Å². The van der Waals surface area contributed by atoms with Crippen LogP contribution in [0, 0.1) is 11.8 Å². The van der Waals surface area contributed by atoms with Crippen molar-refractivity contribution in [1.29, 1.82) is 0 Å². The molecule has 0 saturated heterocycles. The maximum atomic E-state index is 12.8. The molecule has 0 aliphatic rings. The van der Waals surface area contributed by atoms with Gasteiger partial charge in [-0.25, -0.2) is 4.79 Å². The molecule has 168 valence electrons. The first-order valence-corrected chi connectivity index (χ1v) is 10.2. The summed E-state index contributed by atoms with van der Waals surface area (Å²) in [6.45, 7) is 6.65. The van der Waals surface area contributed by atoms with Crippen LogP contribution in [0.4, 0.5) is 0 Å². The highest BCUT2D eigenvalue weighted by Crippen LogP contribution is 2.09. The normalized spacial score (nSPS) is 15.3. The van der Waals surface area contributed by atoms with E-state index in [0.29, 0.717) is 6.42 Å². The van der Waals surface area contributed by atoms with Gasteiger partial charge in [-0.05, 0) is 24.7 Å². The van der Waals surface area contributed by atoms with Crippen LogP contribution in [0.25, 0.3) is 0 Å². The number of carbonyl (C=O) groups is 4. The van der Waals surface area contributed by atoms with E-state index >= 15 is 0 Å². The van der Waals surface area contributed by atoms with Crippen LogP contribution in [0.1, 0.15) is 40.5 Å². The molecule has 0 aromatic heterocycles. The fraction of sp³-hybridized carbons (Fsp3) is 0.778. The fourth-order valence-electron chi connectivity index (χ4n) is 2.50. The second kappa shape index (κ2) is 13.4. The Balaban J connectivity index is 5.37. The molecule has 4 unspecified atom stereocenters. The van der Waals surface area contributed by atoms with Crippen molar-refractivity contribution in [2.24, 2.45) is 17.6 Å². The van der Waals surface area contributed by atoms with Crippen LogP contribution < -0.4 is 21.7 Å². The molecule has 0 aliphatic heterocycles. The summed E-state index contributed by atoms with van der Waals surface area (Å²) in [5, 5.41) is 25.5. The lowest BCUT2D eigenvalue weighted by molar-refractivity contribution is -0.143. The second-order valence-corrected chi connectivity index (χ2v) is 8.12. The van der Waals surface area contributed by atoms with E-state index in [-0.39, 0.29) is 24.0 Å². The summed E-state index contributed by atoms with van der Waals surface area (Å²) in [6.07, 6.45) is 0.565. The Labute approximate surface area is 176 Å². The third-order valence-electron chi connectivity index (χ3n) is 4.01. The minimum Gasteiger partial charge on any atom is -0.480 e. The highest BCUT2D eigenvalue weighted by Gasteiger charge is 2.30. The highest BCUT2D eigenvalue weighted by molar-refractivity contribution is 7.80. The van der Waals surface area contributed by atoms with Gasteiger partial charge in [0.25, 0.3) is 0 Å². The predicted molar refractivity (Wildman–Crippen MR) is 111 cm³/mol. The van der Waals surface area contributed by atoms with Crippen LogP contribution in [-0.2, 0) is 19.2 Å². The zero-order valence-corrected chi connectivity index (χ0v) is 18.2. The van der Waals surface area contributed by atoms with Gasteiger partial charge in [0, 0.05) is 5.75 Å². The molecule has 10 nitrogen and oxygen atoms in total. The van der Waals surface area contributed by atoms with Crippen LogP contribution in [0.5, 0.6) is 0 Å². The van der Waals surface area contributed by atoms with Gasteiger partial charge < -0.3 is 31.9 Å². The Morgan fingerprint density at radius 2 is 1.21 bits per heavy atom. The van der Waals surface area contributed by atoms with Gasteiger partial charge in [0.1, 0.15) is 18.1 Å². The number of carboxylic acids is 1. The number of rotatable bonds is 13. The van der Waals surface area contributed by atoms with Crippen molar-refractivity contribution in [1.82, 2.24) is 16.0 Å². The Morgan fingerprint density at radius 3 is 1.52 bits per heavy atom. The summed E-state index contributed by atoms with van der Waals surface area (Å²) < 4.78 is 0. The van der Waals surface area contributed by atoms with Crippen LogP contribution in [-0.4, -0.2) is 70.4 Å². The second-order valence-electron chi connectivity index (χ2n) is 7.75. The van der Waals surface area contributed by atoms with Crippen LogP contribution in [0.3, 0.4) is 0 Å². The van der Waals surface area contributed by atoms with Crippen LogP contribution in [0.2, 0.25) is 0 Å². The molecule has 0 aromatic rings. The summed E-state index contributed by atoms with van der Waals surface area (Å²) in [5.41, 5.74) is 5.65. The molecule has 0 fully saturated rings. The predicted octanol–water partition coefficient (Wildman–Crippen LogP) is -1.13. The lowest BCUT2D eigenvalue weighted by atomic mass is 9.99. The molecule has 0 rings (SSSR count). The van der Waals surface area contributed by atoms with E-state index in [2.05, 4.69) is 28.6 Å². The molecule has 0 spiro atoms. The molecule has 7 N–H and O–H groups in total. The first-order chi connectivity index (χ1) is 13.4. The summed E-state index contributed by atoms with van der Waals surface area (Å²) in [5.74, 6) is -3.03. The maximum absolute atomic E-state index is 12.8. The van der Waals surface area contributed by atoms with Crippen LogP contribution >= 0.6 is 12.6 Å². The van der Waals surface area contributed by atoms with E-state index in [0.717, 1.165) is 0 Å². The van der Waals surface area contributed by atoms with Crippen molar-refractivity contribution < 1.29 is 29.4 Å².